The van der Waals surface area contributed by atoms with Gasteiger partial charge in [0.15, 0.2) is 6.61 Å². The molecule has 0 atom stereocenters. The summed E-state index contributed by atoms with van der Waals surface area (Å²) in [5, 5.41) is 1.06. The summed E-state index contributed by atoms with van der Waals surface area (Å²) in [5.41, 5.74) is -0.164. The van der Waals surface area contributed by atoms with Gasteiger partial charge in [0.25, 0.3) is 0 Å². The first-order valence-electron chi connectivity index (χ1n) is 5.26. The fraction of sp³-hybridized carbons (Fsp3) is 0.417. The van der Waals surface area contributed by atoms with E-state index in [-0.39, 0.29) is 12.1 Å². The SMILES string of the molecule is CC1(C)COC(COc2ccc(Cl)cc2Cl)=N1. The van der Waals surface area contributed by atoms with Crippen molar-refractivity contribution in [2.24, 2.45) is 4.99 Å². The molecule has 0 unspecified atom stereocenters. The molecular formula is C12H13Cl2NO2. The van der Waals surface area contributed by atoms with Crippen molar-refractivity contribution >= 4 is 29.1 Å². The second-order valence-corrected chi connectivity index (χ2v) is 5.31. The van der Waals surface area contributed by atoms with Crippen LogP contribution in [0.1, 0.15) is 13.8 Å². The topological polar surface area (TPSA) is 30.8 Å². The Morgan fingerprint density at radius 1 is 1.41 bits per heavy atom. The van der Waals surface area contributed by atoms with Crippen LogP contribution < -0.4 is 4.74 Å². The van der Waals surface area contributed by atoms with Crippen LogP contribution >= 0.6 is 23.2 Å². The first-order chi connectivity index (χ1) is 7.96. The zero-order valence-electron chi connectivity index (χ0n) is 9.67. The van der Waals surface area contributed by atoms with Crippen molar-refractivity contribution in [3.63, 3.8) is 0 Å². The summed E-state index contributed by atoms with van der Waals surface area (Å²) in [7, 11) is 0. The van der Waals surface area contributed by atoms with Gasteiger partial charge < -0.3 is 9.47 Å². The zero-order valence-corrected chi connectivity index (χ0v) is 11.2. The van der Waals surface area contributed by atoms with Crippen LogP contribution in [0.3, 0.4) is 0 Å². The molecular weight excluding hydrogens is 261 g/mol. The van der Waals surface area contributed by atoms with E-state index in [0.717, 1.165) is 0 Å². The van der Waals surface area contributed by atoms with Crippen molar-refractivity contribution in [3.05, 3.63) is 28.2 Å². The number of ether oxygens (including phenoxy) is 2. The monoisotopic (exact) mass is 273 g/mol. The van der Waals surface area contributed by atoms with Crippen LogP contribution in [0.25, 0.3) is 0 Å². The molecule has 0 spiro atoms. The zero-order chi connectivity index (χ0) is 12.5. The van der Waals surface area contributed by atoms with Crippen molar-refractivity contribution in [2.45, 2.75) is 19.4 Å². The Labute approximate surface area is 110 Å². The second kappa shape index (κ2) is 4.75. The highest BCUT2D eigenvalue weighted by Gasteiger charge is 2.26. The van der Waals surface area contributed by atoms with Gasteiger partial charge in [-0.25, -0.2) is 4.99 Å². The summed E-state index contributed by atoms with van der Waals surface area (Å²) in [6.45, 7) is 4.88. The van der Waals surface area contributed by atoms with Gasteiger partial charge in [0.1, 0.15) is 12.4 Å². The predicted octanol–water partition coefficient (Wildman–Crippen LogP) is 3.58. The molecule has 1 heterocycles. The maximum atomic E-state index is 5.98. The molecule has 0 aromatic heterocycles. The van der Waals surface area contributed by atoms with Crippen molar-refractivity contribution in [1.82, 2.24) is 0 Å². The lowest BCUT2D eigenvalue weighted by molar-refractivity contribution is 0.255. The Kier molecular flexibility index (Phi) is 3.50. The van der Waals surface area contributed by atoms with Crippen LogP contribution in [-0.2, 0) is 4.74 Å². The fourth-order valence-electron chi connectivity index (χ4n) is 1.47. The van der Waals surface area contributed by atoms with E-state index < -0.39 is 0 Å². The third-order valence-electron chi connectivity index (χ3n) is 2.26. The molecule has 92 valence electrons. The van der Waals surface area contributed by atoms with Gasteiger partial charge >= 0.3 is 0 Å². The van der Waals surface area contributed by atoms with Crippen molar-refractivity contribution in [1.29, 1.82) is 0 Å². The van der Waals surface area contributed by atoms with E-state index in [1.165, 1.54) is 0 Å². The van der Waals surface area contributed by atoms with Gasteiger partial charge in [-0.3, -0.25) is 0 Å². The van der Waals surface area contributed by atoms with Crippen molar-refractivity contribution < 1.29 is 9.47 Å². The number of halogens is 2. The third kappa shape index (κ3) is 3.27. The van der Waals surface area contributed by atoms with Gasteiger partial charge in [-0.15, -0.1) is 0 Å². The lowest BCUT2D eigenvalue weighted by atomic mass is 10.1. The number of hydrogen-bond acceptors (Lipinski definition) is 3. The molecule has 1 aromatic rings. The lowest BCUT2D eigenvalue weighted by Crippen LogP contribution is -2.17. The number of nitrogens with zero attached hydrogens (tertiary/aromatic N) is 1. The van der Waals surface area contributed by atoms with E-state index in [1.54, 1.807) is 18.2 Å². The highest BCUT2D eigenvalue weighted by molar-refractivity contribution is 6.35. The fourth-order valence-corrected chi connectivity index (χ4v) is 1.93. The quantitative estimate of drug-likeness (QED) is 0.843. The van der Waals surface area contributed by atoms with E-state index in [9.17, 15) is 0 Å². The Hall–Kier alpha value is -0.930. The summed E-state index contributed by atoms with van der Waals surface area (Å²) in [4.78, 5) is 4.38. The smallest absolute Gasteiger partial charge is 0.223 e. The molecule has 0 saturated carbocycles. The van der Waals surface area contributed by atoms with Gasteiger partial charge in [-0.1, -0.05) is 23.2 Å². The van der Waals surface area contributed by atoms with E-state index in [4.69, 9.17) is 32.7 Å². The Bertz CT molecular complexity index is 458. The first kappa shape index (κ1) is 12.5. The van der Waals surface area contributed by atoms with E-state index in [0.29, 0.717) is 28.3 Å². The molecule has 0 N–H and O–H groups in total. The largest absolute Gasteiger partial charge is 0.482 e. The molecule has 5 heteroatoms. The van der Waals surface area contributed by atoms with Crippen LogP contribution in [0.2, 0.25) is 10.0 Å². The maximum Gasteiger partial charge on any atom is 0.223 e. The third-order valence-corrected chi connectivity index (χ3v) is 2.79. The molecule has 0 fully saturated rings. The molecule has 0 saturated heterocycles. The van der Waals surface area contributed by atoms with Gasteiger partial charge in [0.2, 0.25) is 5.90 Å². The Balaban J connectivity index is 1.99. The minimum atomic E-state index is -0.164. The summed E-state index contributed by atoms with van der Waals surface area (Å²) in [6, 6.07) is 5.09. The van der Waals surface area contributed by atoms with Gasteiger partial charge in [-0.05, 0) is 32.0 Å². The Morgan fingerprint density at radius 3 is 2.76 bits per heavy atom. The van der Waals surface area contributed by atoms with Gasteiger partial charge in [-0.2, -0.15) is 0 Å². The molecule has 1 aromatic carbocycles. The van der Waals surface area contributed by atoms with E-state index in [1.807, 2.05) is 13.8 Å². The van der Waals surface area contributed by atoms with Crippen LogP contribution in [0.5, 0.6) is 5.75 Å². The average Bonchev–Trinajstić information content (AvgIpc) is 2.57. The average molecular weight is 274 g/mol. The minimum Gasteiger partial charge on any atom is -0.482 e. The van der Waals surface area contributed by atoms with Crippen molar-refractivity contribution in [2.75, 3.05) is 13.2 Å². The molecule has 1 aliphatic heterocycles. The molecule has 2 rings (SSSR count). The minimum absolute atomic E-state index is 0.164. The van der Waals surface area contributed by atoms with Gasteiger partial charge in [0.05, 0.1) is 10.6 Å². The van der Waals surface area contributed by atoms with Crippen LogP contribution in [0, 0.1) is 0 Å². The number of benzene rings is 1. The normalized spacial score (nSPS) is 17.5. The molecule has 3 nitrogen and oxygen atoms in total. The lowest BCUT2D eigenvalue weighted by Gasteiger charge is -2.08. The summed E-state index contributed by atoms with van der Waals surface area (Å²) < 4.78 is 10.9. The number of aliphatic imine (C=N–C) groups is 1. The number of hydrogen-bond donors (Lipinski definition) is 0. The molecule has 0 radical (unpaired) electrons. The molecule has 17 heavy (non-hydrogen) atoms. The second-order valence-electron chi connectivity index (χ2n) is 4.47. The predicted molar refractivity (Wildman–Crippen MR) is 69.4 cm³/mol. The Morgan fingerprint density at radius 2 is 2.18 bits per heavy atom. The highest BCUT2D eigenvalue weighted by atomic mass is 35.5. The van der Waals surface area contributed by atoms with Crippen LogP contribution in [-0.4, -0.2) is 24.7 Å². The number of rotatable bonds is 3. The summed E-state index contributed by atoms with van der Waals surface area (Å²) in [6.07, 6.45) is 0. The van der Waals surface area contributed by atoms with Crippen molar-refractivity contribution in [3.8, 4) is 5.75 Å². The molecule has 0 aliphatic carbocycles. The maximum absolute atomic E-state index is 5.98. The standard InChI is InChI=1S/C12H13Cl2NO2/c1-12(2)7-17-11(15-12)6-16-10-4-3-8(13)5-9(10)14/h3-5H,6-7H2,1-2H3. The van der Waals surface area contributed by atoms with E-state index in [2.05, 4.69) is 4.99 Å². The molecule has 1 aliphatic rings. The molecule has 0 bridgehead atoms. The van der Waals surface area contributed by atoms with Crippen LogP contribution in [0.4, 0.5) is 0 Å². The summed E-state index contributed by atoms with van der Waals surface area (Å²) in [5.74, 6) is 1.17. The van der Waals surface area contributed by atoms with Gasteiger partial charge in [0, 0.05) is 5.02 Å². The van der Waals surface area contributed by atoms with Crippen LogP contribution in [0.15, 0.2) is 23.2 Å². The summed E-state index contributed by atoms with van der Waals surface area (Å²) >= 11 is 11.8. The first-order valence-corrected chi connectivity index (χ1v) is 6.01. The molecule has 0 amide bonds. The highest BCUT2D eigenvalue weighted by Crippen LogP contribution is 2.27. The van der Waals surface area contributed by atoms with E-state index >= 15 is 0 Å².